The van der Waals surface area contributed by atoms with Crippen molar-refractivity contribution < 1.29 is 15.0 Å². The lowest BCUT2D eigenvalue weighted by Crippen LogP contribution is -2.46. The Hall–Kier alpha value is -1.79. The van der Waals surface area contributed by atoms with Crippen LogP contribution >= 0.6 is 0 Å². The van der Waals surface area contributed by atoms with Crippen LogP contribution < -0.4 is 10.6 Å². The predicted molar refractivity (Wildman–Crippen MR) is 71.4 cm³/mol. The van der Waals surface area contributed by atoms with E-state index in [9.17, 15) is 15.0 Å². The van der Waals surface area contributed by atoms with Gasteiger partial charge >= 0.3 is 0 Å². The molecule has 2 rings (SSSR count). The molecule has 1 fully saturated rings. The van der Waals surface area contributed by atoms with E-state index in [0.717, 1.165) is 32.7 Å². The highest BCUT2D eigenvalue weighted by Gasteiger charge is 2.11. The predicted octanol–water partition coefficient (Wildman–Crippen LogP) is -0.267. The summed E-state index contributed by atoms with van der Waals surface area (Å²) in [6.07, 6.45) is 0. The van der Waals surface area contributed by atoms with Crippen molar-refractivity contribution >= 4 is 5.91 Å². The lowest BCUT2D eigenvalue weighted by Gasteiger charge is -2.27. The van der Waals surface area contributed by atoms with Gasteiger partial charge in [0.15, 0.2) is 11.5 Å². The molecule has 1 aliphatic heterocycles. The molecule has 0 radical (unpaired) electrons. The van der Waals surface area contributed by atoms with Crippen molar-refractivity contribution in [1.82, 2.24) is 15.5 Å². The molecule has 0 aliphatic carbocycles. The second kappa shape index (κ2) is 6.40. The molecule has 1 amide bonds. The van der Waals surface area contributed by atoms with Gasteiger partial charge in [0.25, 0.3) is 5.91 Å². The number of hydrogen-bond donors (Lipinski definition) is 4. The topological polar surface area (TPSA) is 84.8 Å². The van der Waals surface area contributed by atoms with Crippen molar-refractivity contribution in [3.63, 3.8) is 0 Å². The summed E-state index contributed by atoms with van der Waals surface area (Å²) in [5.41, 5.74) is 0.343. The SMILES string of the molecule is O=C(NCCN1CCNCC1)c1ccc(O)c(O)c1. The molecule has 1 aromatic rings. The number of carbonyl (C=O) groups is 1. The molecule has 4 N–H and O–H groups in total. The van der Waals surface area contributed by atoms with E-state index in [4.69, 9.17) is 0 Å². The Labute approximate surface area is 112 Å². The zero-order valence-corrected chi connectivity index (χ0v) is 10.7. The van der Waals surface area contributed by atoms with Crippen molar-refractivity contribution in [2.24, 2.45) is 0 Å². The number of benzene rings is 1. The van der Waals surface area contributed by atoms with E-state index >= 15 is 0 Å². The third kappa shape index (κ3) is 3.84. The van der Waals surface area contributed by atoms with Crippen LogP contribution in [0.3, 0.4) is 0 Å². The number of nitrogens with one attached hydrogen (secondary N) is 2. The minimum Gasteiger partial charge on any atom is -0.504 e. The van der Waals surface area contributed by atoms with Crippen molar-refractivity contribution in [2.75, 3.05) is 39.3 Å². The number of phenols is 2. The van der Waals surface area contributed by atoms with E-state index in [-0.39, 0.29) is 17.4 Å². The molecule has 19 heavy (non-hydrogen) atoms. The fourth-order valence-electron chi connectivity index (χ4n) is 2.03. The first kappa shape index (κ1) is 13.6. The van der Waals surface area contributed by atoms with Gasteiger partial charge in [-0.05, 0) is 18.2 Å². The van der Waals surface area contributed by atoms with Crippen molar-refractivity contribution in [3.05, 3.63) is 23.8 Å². The van der Waals surface area contributed by atoms with Gasteiger partial charge < -0.3 is 20.8 Å². The van der Waals surface area contributed by atoms with Crippen LogP contribution in [0.4, 0.5) is 0 Å². The summed E-state index contributed by atoms with van der Waals surface area (Å²) in [6, 6.07) is 4.05. The summed E-state index contributed by atoms with van der Waals surface area (Å²) in [5, 5.41) is 24.6. The van der Waals surface area contributed by atoms with E-state index in [1.165, 1.54) is 18.2 Å². The molecule has 0 unspecified atom stereocenters. The van der Waals surface area contributed by atoms with E-state index in [2.05, 4.69) is 15.5 Å². The Balaban J connectivity index is 1.78. The third-order valence-corrected chi connectivity index (χ3v) is 3.16. The number of phenolic OH excluding ortho intramolecular Hbond substituents is 2. The number of amides is 1. The maximum absolute atomic E-state index is 11.8. The van der Waals surface area contributed by atoms with Gasteiger partial charge in [-0.3, -0.25) is 9.69 Å². The molecule has 1 aromatic carbocycles. The molecule has 0 saturated carbocycles. The van der Waals surface area contributed by atoms with E-state index in [1.54, 1.807) is 0 Å². The Morgan fingerprint density at radius 1 is 1.26 bits per heavy atom. The average Bonchev–Trinajstić information content (AvgIpc) is 2.43. The minimum atomic E-state index is -0.283. The second-order valence-electron chi connectivity index (χ2n) is 4.55. The molecule has 6 nitrogen and oxygen atoms in total. The van der Waals surface area contributed by atoms with E-state index < -0.39 is 0 Å². The van der Waals surface area contributed by atoms with Gasteiger partial charge in [0, 0.05) is 44.8 Å². The Kier molecular flexibility index (Phi) is 4.59. The molecule has 6 heteroatoms. The standard InChI is InChI=1S/C13H19N3O3/c17-11-2-1-10(9-12(11)18)13(19)15-5-8-16-6-3-14-4-7-16/h1-2,9,14,17-18H,3-8H2,(H,15,19). The van der Waals surface area contributed by atoms with Crippen molar-refractivity contribution in [2.45, 2.75) is 0 Å². The zero-order valence-electron chi connectivity index (χ0n) is 10.7. The number of carbonyl (C=O) groups excluding carboxylic acids is 1. The molecular weight excluding hydrogens is 246 g/mol. The van der Waals surface area contributed by atoms with Gasteiger partial charge in [-0.15, -0.1) is 0 Å². The summed E-state index contributed by atoms with van der Waals surface area (Å²) in [7, 11) is 0. The molecule has 104 valence electrons. The molecule has 1 aliphatic rings. The van der Waals surface area contributed by atoms with Crippen LogP contribution in [0.25, 0.3) is 0 Å². The van der Waals surface area contributed by atoms with Gasteiger partial charge in [0.2, 0.25) is 0 Å². The number of hydrogen-bond acceptors (Lipinski definition) is 5. The Morgan fingerprint density at radius 2 is 2.00 bits per heavy atom. The summed E-state index contributed by atoms with van der Waals surface area (Å²) < 4.78 is 0. The molecular formula is C13H19N3O3. The number of aromatic hydroxyl groups is 2. The quantitative estimate of drug-likeness (QED) is 0.563. The lowest BCUT2D eigenvalue weighted by molar-refractivity contribution is 0.0947. The smallest absolute Gasteiger partial charge is 0.251 e. The molecule has 0 spiro atoms. The summed E-state index contributed by atoms with van der Waals surface area (Å²) in [6.45, 7) is 5.35. The van der Waals surface area contributed by atoms with Crippen LogP contribution in [0.1, 0.15) is 10.4 Å². The summed E-state index contributed by atoms with van der Waals surface area (Å²) in [4.78, 5) is 14.1. The summed E-state index contributed by atoms with van der Waals surface area (Å²) >= 11 is 0. The second-order valence-corrected chi connectivity index (χ2v) is 4.55. The van der Waals surface area contributed by atoms with Gasteiger partial charge in [-0.1, -0.05) is 0 Å². The van der Waals surface area contributed by atoms with Crippen LogP contribution in [0.15, 0.2) is 18.2 Å². The largest absolute Gasteiger partial charge is 0.504 e. The fraction of sp³-hybridized carbons (Fsp3) is 0.462. The van der Waals surface area contributed by atoms with Gasteiger partial charge in [0.1, 0.15) is 0 Å². The van der Waals surface area contributed by atoms with Crippen molar-refractivity contribution in [1.29, 1.82) is 0 Å². The molecule has 1 saturated heterocycles. The van der Waals surface area contributed by atoms with Crippen LogP contribution in [-0.2, 0) is 0 Å². The maximum Gasteiger partial charge on any atom is 0.251 e. The van der Waals surface area contributed by atoms with Crippen LogP contribution in [0.2, 0.25) is 0 Å². The van der Waals surface area contributed by atoms with Gasteiger partial charge in [0.05, 0.1) is 0 Å². The molecule has 0 aromatic heterocycles. The summed E-state index contributed by atoms with van der Waals surface area (Å²) in [5.74, 6) is -0.752. The van der Waals surface area contributed by atoms with Crippen LogP contribution in [-0.4, -0.2) is 60.3 Å². The van der Waals surface area contributed by atoms with Crippen LogP contribution in [0.5, 0.6) is 11.5 Å². The first-order chi connectivity index (χ1) is 9.16. The van der Waals surface area contributed by atoms with E-state index in [0.29, 0.717) is 12.1 Å². The van der Waals surface area contributed by atoms with E-state index in [1.807, 2.05) is 0 Å². The first-order valence-electron chi connectivity index (χ1n) is 6.40. The number of rotatable bonds is 4. The fourth-order valence-corrected chi connectivity index (χ4v) is 2.03. The maximum atomic E-state index is 11.8. The van der Waals surface area contributed by atoms with Gasteiger partial charge in [-0.2, -0.15) is 0 Å². The first-order valence-corrected chi connectivity index (χ1v) is 6.40. The van der Waals surface area contributed by atoms with Crippen molar-refractivity contribution in [3.8, 4) is 11.5 Å². The molecule has 1 heterocycles. The average molecular weight is 265 g/mol. The highest BCUT2D eigenvalue weighted by molar-refractivity contribution is 5.94. The van der Waals surface area contributed by atoms with Crippen LogP contribution in [0, 0.1) is 0 Å². The number of nitrogens with zero attached hydrogens (tertiary/aromatic N) is 1. The Morgan fingerprint density at radius 3 is 2.68 bits per heavy atom. The number of piperazine rings is 1. The lowest BCUT2D eigenvalue weighted by atomic mass is 10.2. The molecule has 0 bridgehead atoms. The Bertz CT molecular complexity index is 445. The molecule has 0 atom stereocenters. The minimum absolute atomic E-state index is 0.225. The normalized spacial score (nSPS) is 16.2. The highest BCUT2D eigenvalue weighted by atomic mass is 16.3. The third-order valence-electron chi connectivity index (χ3n) is 3.16. The monoisotopic (exact) mass is 265 g/mol. The zero-order chi connectivity index (χ0) is 13.7. The van der Waals surface area contributed by atoms with Gasteiger partial charge in [-0.25, -0.2) is 0 Å². The highest BCUT2D eigenvalue weighted by Crippen LogP contribution is 2.24.